The number of hydrogen-bond acceptors (Lipinski definition) is 5. The molecule has 29 heavy (non-hydrogen) atoms. The summed E-state index contributed by atoms with van der Waals surface area (Å²) in [5.74, 6) is 1.49. The van der Waals surface area contributed by atoms with E-state index in [2.05, 4.69) is 33.9 Å². The third-order valence-electron chi connectivity index (χ3n) is 5.48. The molecule has 6 heteroatoms. The maximum absolute atomic E-state index is 12.4. The van der Waals surface area contributed by atoms with Crippen molar-refractivity contribution in [2.45, 2.75) is 38.8 Å². The molecular formula is C23H26N4O2. The molecule has 0 amide bonds. The molecule has 1 aliphatic heterocycles. The van der Waals surface area contributed by atoms with Gasteiger partial charge in [0, 0.05) is 36.1 Å². The lowest BCUT2D eigenvalue weighted by Gasteiger charge is -2.35. The van der Waals surface area contributed by atoms with E-state index in [1.807, 2.05) is 18.2 Å². The molecule has 2 aromatic heterocycles. The summed E-state index contributed by atoms with van der Waals surface area (Å²) in [6, 6.07) is 11.7. The number of pyridine rings is 1. The van der Waals surface area contributed by atoms with E-state index in [1.165, 1.54) is 11.1 Å². The van der Waals surface area contributed by atoms with Crippen molar-refractivity contribution in [2.75, 3.05) is 13.7 Å². The largest absolute Gasteiger partial charge is 0.496 e. The normalized spacial score (nSPS) is 17.2. The van der Waals surface area contributed by atoms with Crippen molar-refractivity contribution in [3.63, 3.8) is 0 Å². The van der Waals surface area contributed by atoms with E-state index < -0.39 is 0 Å². The Morgan fingerprint density at radius 1 is 1.17 bits per heavy atom. The number of rotatable bonds is 5. The van der Waals surface area contributed by atoms with Gasteiger partial charge in [-0.2, -0.15) is 0 Å². The second kappa shape index (κ2) is 8.57. The van der Waals surface area contributed by atoms with Crippen LogP contribution in [0.4, 0.5) is 0 Å². The number of aryl methyl sites for hydroxylation is 1. The lowest BCUT2D eigenvalue weighted by atomic mass is 9.97. The Kier molecular flexibility index (Phi) is 5.71. The van der Waals surface area contributed by atoms with Gasteiger partial charge in [-0.15, -0.1) is 0 Å². The molecule has 150 valence electrons. The Balaban J connectivity index is 1.67. The van der Waals surface area contributed by atoms with E-state index in [0.29, 0.717) is 5.82 Å². The van der Waals surface area contributed by atoms with Crippen LogP contribution >= 0.6 is 0 Å². The first-order valence-corrected chi connectivity index (χ1v) is 10.0. The van der Waals surface area contributed by atoms with Gasteiger partial charge in [0.2, 0.25) is 0 Å². The Hall–Kier alpha value is -2.99. The highest BCUT2D eigenvalue weighted by atomic mass is 16.5. The van der Waals surface area contributed by atoms with Crippen LogP contribution < -0.4 is 10.3 Å². The van der Waals surface area contributed by atoms with Crippen LogP contribution in [0.5, 0.6) is 5.75 Å². The molecule has 4 rings (SSSR count). The van der Waals surface area contributed by atoms with E-state index >= 15 is 0 Å². The molecule has 1 atom stereocenters. The number of benzene rings is 1. The molecule has 6 nitrogen and oxygen atoms in total. The molecule has 1 N–H and O–H groups in total. The minimum atomic E-state index is -0.125. The van der Waals surface area contributed by atoms with Crippen LogP contribution in [-0.2, 0) is 6.54 Å². The van der Waals surface area contributed by atoms with Crippen molar-refractivity contribution in [3.8, 4) is 17.1 Å². The van der Waals surface area contributed by atoms with Crippen molar-refractivity contribution < 1.29 is 4.74 Å². The average Bonchev–Trinajstić information content (AvgIpc) is 2.74. The van der Waals surface area contributed by atoms with Gasteiger partial charge in [0.05, 0.1) is 18.8 Å². The summed E-state index contributed by atoms with van der Waals surface area (Å²) < 4.78 is 5.58. The maximum Gasteiger partial charge on any atom is 0.251 e. The molecule has 0 unspecified atom stereocenters. The topological polar surface area (TPSA) is 71.1 Å². The maximum atomic E-state index is 12.4. The van der Waals surface area contributed by atoms with Crippen LogP contribution in [0, 0.1) is 6.92 Å². The molecule has 0 spiro atoms. The SMILES string of the molecule is COc1ccc(C)cc1CN1CCCC[C@@H]1c1cc(=O)[nH]c(-c2ccncc2)n1. The number of ether oxygens (including phenoxy) is 1. The predicted octanol–water partition coefficient (Wildman–Crippen LogP) is 3.88. The molecule has 0 radical (unpaired) electrons. The zero-order chi connectivity index (χ0) is 20.2. The van der Waals surface area contributed by atoms with Gasteiger partial charge in [-0.25, -0.2) is 4.98 Å². The lowest BCUT2D eigenvalue weighted by molar-refractivity contribution is 0.136. The van der Waals surface area contributed by atoms with Crippen molar-refractivity contribution >= 4 is 0 Å². The summed E-state index contributed by atoms with van der Waals surface area (Å²) in [6.07, 6.45) is 6.68. The van der Waals surface area contributed by atoms with Gasteiger partial charge in [-0.1, -0.05) is 24.1 Å². The van der Waals surface area contributed by atoms with Crippen LogP contribution in [0.1, 0.15) is 42.1 Å². The molecule has 1 aliphatic rings. The van der Waals surface area contributed by atoms with Gasteiger partial charge in [-0.3, -0.25) is 14.7 Å². The Morgan fingerprint density at radius 2 is 2.00 bits per heavy atom. The van der Waals surface area contributed by atoms with Gasteiger partial charge in [0.15, 0.2) is 0 Å². The first-order chi connectivity index (χ1) is 14.1. The molecule has 1 saturated heterocycles. The summed E-state index contributed by atoms with van der Waals surface area (Å²) >= 11 is 0. The Morgan fingerprint density at radius 3 is 2.79 bits per heavy atom. The van der Waals surface area contributed by atoms with E-state index in [0.717, 1.165) is 49.4 Å². The molecule has 1 aromatic carbocycles. The van der Waals surface area contributed by atoms with E-state index in [-0.39, 0.29) is 11.6 Å². The minimum absolute atomic E-state index is 0.108. The molecule has 0 saturated carbocycles. The van der Waals surface area contributed by atoms with E-state index in [1.54, 1.807) is 25.6 Å². The van der Waals surface area contributed by atoms with Gasteiger partial charge in [0.25, 0.3) is 5.56 Å². The molecule has 0 bridgehead atoms. The smallest absolute Gasteiger partial charge is 0.251 e. The van der Waals surface area contributed by atoms with Gasteiger partial charge in [0.1, 0.15) is 11.6 Å². The monoisotopic (exact) mass is 390 g/mol. The predicted molar refractivity (Wildman–Crippen MR) is 113 cm³/mol. The quantitative estimate of drug-likeness (QED) is 0.716. The fraction of sp³-hybridized carbons (Fsp3) is 0.348. The number of H-pyrrole nitrogens is 1. The summed E-state index contributed by atoms with van der Waals surface area (Å²) in [5.41, 5.74) is 3.94. The van der Waals surface area contributed by atoms with E-state index in [9.17, 15) is 4.79 Å². The molecule has 3 aromatic rings. The number of methoxy groups -OCH3 is 1. The lowest BCUT2D eigenvalue weighted by Crippen LogP contribution is -2.34. The fourth-order valence-electron chi connectivity index (χ4n) is 4.06. The first kappa shape index (κ1) is 19.3. The standard InChI is InChI=1S/C23H26N4O2/c1-16-6-7-21(29-2)18(13-16)15-27-12-4-3-5-20(27)19-14-22(28)26-23(25-19)17-8-10-24-11-9-17/h6-11,13-14,20H,3-5,12,15H2,1-2H3,(H,25,26,28)/t20-/m1/s1. The highest BCUT2D eigenvalue weighted by Crippen LogP contribution is 2.33. The average molecular weight is 390 g/mol. The van der Waals surface area contributed by atoms with Gasteiger partial charge < -0.3 is 9.72 Å². The summed E-state index contributed by atoms with van der Waals surface area (Å²) in [4.78, 5) is 26.5. The molecule has 0 aliphatic carbocycles. The molecular weight excluding hydrogens is 364 g/mol. The highest BCUT2D eigenvalue weighted by molar-refractivity contribution is 5.53. The van der Waals surface area contributed by atoms with Crippen molar-refractivity contribution in [1.29, 1.82) is 0 Å². The van der Waals surface area contributed by atoms with Gasteiger partial charge >= 0.3 is 0 Å². The number of nitrogens with zero attached hydrogens (tertiary/aromatic N) is 3. The minimum Gasteiger partial charge on any atom is -0.496 e. The fourth-order valence-corrected chi connectivity index (χ4v) is 4.06. The second-order valence-electron chi connectivity index (χ2n) is 7.55. The number of likely N-dealkylation sites (tertiary alicyclic amines) is 1. The first-order valence-electron chi connectivity index (χ1n) is 10.0. The summed E-state index contributed by atoms with van der Waals surface area (Å²) in [5, 5.41) is 0. The van der Waals surface area contributed by atoms with Crippen LogP contribution in [0.25, 0.3) is 11.4 Å². The van der Waals surface area contributed by atoms with Crippen LogP contribution in [0.15, 0.2) is 53.6 Å². The zero-order valence-electron chi connectivity index (χ0n) is 16.9. The second-order valence-corrected chi connectivity index (χ2v) is 7.55. The summed E-state index contributed by atoms with van der Waals surface area (Å²) in [6.45, 7) is 3.84. The van der Waals surface area contributed by atoms with Crippen LogP contribution in [-0.4, -0.2) is 33.5 Å². The number of aromatic nitrogens is 3. The number of aromatic amines is 1. The molecule has 1 fully saturated rings. The van der Waals surface area contributed by atoms with Crippen molar-refractivity contribution in [2.24, 2.45) is 0 Å². The number of nitrogens with one attached hydrogen (secondary N) is 1. The number of piperidine rings is 1. The van der Waals surface area contributed by atoms with E-state index in [4.69, 9.17) is 9.72 Å². The van der Waals surface area contributed by atoms with Crippen molar-refractivity contribution in [3.05, 3.63) is 76.0 Å². The van der Waals surface area contributed by atoms with Gasteiger partial charge in [-0.05, 0) is 44.5 Å². The third kappa shape index (κ3) is 4.38. The van der Waals surface area contributed by atoms with Crippen LogP contribution in [0.3, 0.4) is 0 Å². The highest BCUT2D eigenvalue weighted by Gasteiger charge is 2.27. The molecule has 3 heterocycles. The third-order valence-corrected chi connectivity index (χ3v) is 5.48. The Bertz CT molecular complexity index is 1030. The Labute approximate surface area is 170 Å². The van der Waals surface area contributed by atoms with Crippen molar-refractivity contribution in [1.82, 2.24) is 19.9 Å². The zero-order valence-corrected chi connectivity index (χ0v) is 16.9. The summed E-state index contributed by atoms with van der Waals surface area (Å²) in [7, 11) is 1.71. The van der Waals surface area contributed by atoms with Crippen LogP contribution in [0.2, 0.25) is 0 Å². The number of hydrogen-bond donors (Lipinski definition) is 1.